The Balaban J connectivity index is 1.96. The molecule has 1 heterocycles. The number of nitriles is 1. The van der Waals surface area contributed by atoms with Gasteiger partial charge in [-0.25, -0.2) is 0 Å². The average molecular weight is 277 g/mol. The molecule has 4 heteroatoms. The second-order valence-corrected chi connectivity index (χ2v) is 5.64. The van der Waals surface area contributed by atoms with E-state index in [-0.39, 0.29) is 6.04 Å². The maximum absolute atomic E-state index is 8.76. The van der Waals surface area contributed by atoms with Gasteiger partial charge in [-0.3, -0.25) is 0 Å². The van der Waals surface area contributed by atoms with Crippen molar-refractivity contribution in [2.24, 2.45) is 0 Å². The smallest absolute Gasteiger partial charge is 0.110 e. The first-order chi connectivity index (χ1) is 8.69. The third-order valence-corrected chi connectivity index (χ3v) is 3.93. The van der Waals surface area contributed by atoms with Gasteiger partial charge in [-0.15, -0.1) is 11.3 Å². The molecule has 0 saturated heterocycles. The van der Waals surface area contributed by atoms with Gasteiger partial charge in [0.15, 0.2) is 0 Å². The van der Waals surface area contributed by atoms with Gasteiger partial charge in [-0.1, -0.05) is 23.7 Å². The summed E-state index contributed by atoms with van der Waals surface area (Å²) >= 11 is 7.49. The number of hydrogen-bond donors (Lipinski definition) is 1. The fourth-order valence-corrected chi connectivity index (χ4v) is 2.63. The van der Waals surface area contributed by atoms with Gasteiger partial charge in [-0.2, -0.15) is 5.26 Å². The highest BCUT2D eigenvalue weighted by Crippen LogP contribution is 2.19. The van der Waals surface area contributed by atoms with Crippen molar-refractivity contribution in [2.75, 3.05) is 0 Å². The Morgan fingerprint density at radius 2 is 2.22 bits per heavy atom. The van der Waals surface area contributed by atoms with Gasteiger partial charge in [0.1, 0.15) is 10.9 Å². The van der Waals surface area contributed by atoms with Gasteiger partial charge < -0.3 is 5.32 Å². The maximum Gasteiger partial charge on any atom is 0.110 e. The molecule has 0 bridgehead atoms. The third kappa shape index (κ3) is 3.33. The monoisotopic (exact) mass is 276 g/mol. The van der Waals surface area contributed by atoms with Gasteiger partial charge in [-0.05, 0) is 36.8 Å². The highest BCUT2D eigenvalue weighted by Gasteiger charge is 2.06. The van der Waals surface area contributed by atoms with Crippen LogP contribution in [-0.2, 0) is 6.54 Å². The molecule has 0 aliphatic carbocycles. The van der Waals surface area contributed by atoms with Crippen LogP contribution in [0.1, 0.15) is 28.3 Å². The molecular formula is C14H13ClN2S. The van der Waals surface area contributed by atoms with Gasteiger partial charge in [0.2, 0.25) is 0 Å². The van der Waals surface area contributed by atoms with Crippen LogP contribution in [0.25, 0.3) is 0 Å². The Hall–Kier alpha value is -1.34. The molecule has 0 saturated carbocycles. The second kappa shape index (κ2) is 6.01. The van der Waals surface area contributed by atoms with E-state index >= 15 is 0 Å². The molecule has 0 spiro atoms. The number of rotatable bonds is 4. The molecule has 1 aromatic heterocycles. The summed E-state index contributed by atoms with van der Waals surface area (Å²) in [6, 6.07) is 14.1. The van der Waals surface area contributed by atoms with Crippen molar-refractivity contribution >= 4 is 22.9 Å². The fraction of sp³-hybridized carbons (Fsp3) is 0.214. The van der Waals surface area contributed by atoms with Crippen molar-refractivity contribution < 1.29 is 0 Å². The van der Waals surface area contributed by atoms with Crippen LogP contribution in [0.3, 0.4) is 0 Å². The van der Waals surface area contributed by atoms with E-state index in [1.807, 2.05) is 30.3 Å². The van der Waals surface area contributed by atoms with Gasteiger partial charge >= 0.3 is 0 Å². The highest BCUT2D eigenvalue weighted by molar-refractivity contribution is 7.12. The van der Waals surface area contributed by atoms with Crippen LogP contribution >= 0.6 is 22.9 Å². The van der Waals surface area contributed by atoms with Crippen molar-refractivity contribution in [3.05, 3.63) is 56.7 Å². The molecule has 1 aromatic carbocycles. The van der Waals surface area contributed by atoms with E-state index in [2.05, 4.69) is 24.4 Å². The molecule has 2 rings (SSSR count). The lowest BCUT2D eigenvalue weighted by molar-refractivity contribution is 0.579. The molecular weight excluding hydrogens is 264 g/mol. The number of benzene rings is 1. The number of thiophene rings is 1. The molecule has 1 N–H and O–H groups in total. The average Bonchev–Trinajstić information content (AvgIpc) is 2.84. The minimum absolute atomic E-state index is 0.233. The first-order valence-corrected chi connectivity index (χ1v) is 6.86. The van der Waals surface area contributed by atoms with E-state index in [9.17, 15) is 0 Å². The number of hydrogen-bond acceptors (Lipinski definition) is 3. The summed E-state index contributed by atoms with van der Waals surface area (Å²) in [6.45, 7) is 2.87. The van der Waals surface area contributed by atoms with Crippen LogP contribution in [-0.4, -0.2) is 0 Å². The summed E-state index contributed by atoms with van der Waals surface area (Å²) in [5.41, 5.74) is 1.17. The largest absolute Gasteiger partial charge is 0.305 e. The Labute approximate surface area is 116 Å². The molecule has 2 nitrogen and oxygen atoms in total. The minimum Gasteiger partial charge on any atom is -0.305 e. The van der Waals surface area contributed by atoms with E-state index in [0.717, 1.165) is 16.4 Å². The zero-order valence-corrected chi connectivity index (χ0v) is 11.6. The van der Waals surface area contributed by atoms with Crippen molar-refractivity contribution in [3.63, 3.8) is 0 Å². The lowest BCUT2D eigenvalue weighted by atomic mass is 10.1. The number of nitrogens with zero attached hydrogens (tertiary/aromatic N) is 1. The van der Waals surface area contributed by atoms with E-state index in [1.54, 1.807) is 0 Å². The molecule has 1 atom stereocenters. The molecule has 2 aromatic rings. The fourth-order valence-electron chi connectivity index (χ4n) is 1.68. The molecule has 1 unspecified atom stereocenters. The Morgan fingerprint density at radius 3 is 2.89 bits per heavy atom. The van der Waals surface area contributed by atoms with E-state index in [1.165, 1.54) is 21.8 Å². The van der Waals surface area contributed by atoms with Crippen molar-refractivity contribution in [3.8, 4) is 6.07 Å². The first kappa shape index (κ1) is 13.1. The normalized spacial score (nSPS) is 12.1. The third-order valence-electron chi connectivity index (χ3n) is 2.70. The summed E-state index contributed by atoms with van der Waals surface area (Å²) in [5, 5.41) is 12.9. The van der Waals surface area contributed by atoms with Gasteiger partial charge in [0, 0.05) is 22.5 Å². The minimum atomic E-state index is 0.233. The highest BCUT2D eigenvalue weighted by atomic mass is 35.5. The van der Waals surface area contributed by atoms with Gasteiger partial charge in [0.05, 0.1) is 0 Å². The first-order valence-electron chi connectivity index (χ1n) is 5.66. The molecule has 18 heavy (non-hydrogen) atoms. The molecule has 0 aliphatic heterocycles. The van der Waals surface area contributed by atoms with E-state index in [4.69, 9.17) is 16.9 Å². The van der Waals surface area contributed by atoms with Crippen LogP contribution < -0.4 is 5.32 Å². The topological polar surface area (TPSA) is 35.8 Å². The van der Waals surface area contributed by atoms with Crippen LogP contribution in [0, 0.1) is 11.3 Å². The van der Waals surface area contributed by atoms with Crippen LogP contribution in [0.2, 0.25) is 5.02 Å². The summed E-state index contributed by atoms with van der Waals surface area (Å²) < 4.78 is 0. The second-order valence-electron chi connectivity index (χ2n) is 4.04. The SMILES string of the molecule is CC(NCc1ccc(C#N)s1)c1cccc(Cl)c1. The molecule has 0 fully saturated rings. The van der Waals surface area contributed by atoms with Crippen LogP contribution in [0.15, 0.2) is 36.4 Å². The molecule has 0 radical (unpaired) electrons. The zero-order valence-electron chi connectivity index (χ0n) is 9.98. The van der Waals surface area contributed by atoms with Gasteiger partial charge in [0.25, 0.3) is 0 Å². The maximum atomic E-state index is 8.76. The Bertz CT molecular complexity index is 571. The Kier molecular flexibility index (Phi) is 4.38. The molecule has 0 amide bonds. The predicted octanol–water partition coefficient (Wildman–Crippen LogP) is 4.12. The number of nitrogens with one attached hydrogen (secondary N) is 1. The van der Waals surface area contributed by atoms with Crippen molar-refractivity contribution in [2.45, 2.75) is 19.5 Å². The summed E-state index contributed by atoms with van der Waals surface area (Å²) in [6.07, 6.45) is 0. The van der Waals surface area contributed by atoms with E-state index < -0.39 is 0 Å². The van der Waals surface area contributed by atoms with Crippen molar-refractivity contribution in [1.29, 1.82) is 5.26 Å². The van der Waals surface area contributed by atoms with Crippen LogP contribution in [0.4, 0.5) is 0 Å². The van der Waals surface area contributed by atoms with Crippen molar-refractivity contribution in [1.82, 2.24) is 5.32 Å². The summed E-state index contributed by atoms with van der Waals surface area (Å²) in [7, 11) is 0. The lowest BCUT2D eigenvalue weighted by Crippen LogP contribution is -2.17. The summed E-state index contributed by atoms with van der Waals surface area (Å²) in [4.78, 5) is 1.92. The molecule has 0 aliphatic rings. The summed E-state index contributed by atoms with van der Waals surface area (Å²) in [5.74, 6) is 0. The predicted molar refractivity (Wildman–Crippen MR) is 75.7 cm³/mol. The van der Waals surface area contributed by atoms with Crippen LogP contribution in [0.5, 0.6) is 0 Å². The Morgan fingerprint density at radius 1 is 1.39 bits per heavy atom. The van der Waals surface area contributed by atoms with E-state index in [0.29, 0.717) is 0 Å². The number of halogens is 1. The zero-order chi connectivity index (χ0) is 13.0. The standard InChI is InChI=1S/C14H13ClN2S/c1-10(11-3-2-4-12(15)7-11)17-9-14-6-5-13(8-16)18-14/h2-7,10,17H,9H2,1H3. The quantitative estimate of drug-likeness (QED) is 0.912. The lowest BCUT2D eigenvalue weighted by Gasteiger charge is -2.13. The molecule has 92 valence electrons.